The lowest BCUT2D eigenvalue weighted by molar-refractivity contribution is 0.0755. The van der Waals surface area contributed by atoms with E-state index >= 15 is 0 Å². The second-order valence-electron chi connectivity index (χ2n) is 5.73. The molecule has 18 heavy (non-hydrogen) atoms. The highest BCUT2D eigenvalue weighted by Gasteiger charge is 2.33. The standard InChI is InChI=1S/C14H28N2O2/c1-4-6-15-13-10-17-9-12(13)8-16(3)14-5-7-18-11(14)2/h11-15H,4-10H2,1-3H3. The van der Waals surface area contributed by atoms with E-state index in [1.165, 1.54) is 6.42 Å². The molecule has 4 heteroatoms. The van der Waals surface area contributed by atoms with Gasteiger partial charge in [-0.05, 0) is 33.4 Å². The summed E-state index contributed by atoms with van der Waals surface area (Å²) in [6.07, 6.45) is 2.73. The third-order valence-electron chi connectivity index (χ3n) is 4.28. The van der Waals surface area contributed by atoms with E-state index in [2.05, 4.69) is 31.1 Å². The summed E-state index contributed by atoms with van der Waals surface area (Å²) in [6, 6.07) is 1.11. The average molecular weight is 256 g/mol. The van der Waals surface area contributed by atoms with E-state index in [9.17, 15) is 0 Å². The van der Waals surface area contributed by atoms with Gasteiger partial charge < -0.3 is 19.7 Å². The van der Waals surface area contributed by atoms with Crippen molar-refractivity contribution in [2.24, 2.45) is 5.92 Å². The molecule has 0 amide bonds. The summed E-state index contributed by atoms with van der Waals surface area (Å²) in [5.74, 6) is 0.620. The maximum Gasteiger partial charge on any atom is 0.0702 e. The highest BCUT2D eigenvalue weighted by Crippen LogP contribution is 2.22. The van der Waals surface area contributed by atoms with E-state index < -0.39 is 0 Å². The molecule has 2 saturated heterocycles. The van der Waals surface area contributed by atoms with Crippen LogP contribution in [-0.4, -0.2) is 63.0 Å². The Kier molecular flexibility index (Phi) is 5.42. The maximum absolute atomic E-state index is 5.65. The minimum atomic E-state index is 0.374. The molecule has 0 aromatic heterocycles. The highest BCUT2D eigenvalue weighted by atomic mass is 16.5. The molecule has 0 saturated carbocycles. The van der Waals surface area contributed by atoms with Crippen LogP contribution < -0.4 is 5.32 Å². The van der Waals surface area contributed by atoms with E-state index in [0.717, 1.165) is 39.3 Å². The number of likely N-dealkylation sites (N-methyl/N-ethyl adjacent to an activating group) is 1. The molecular formula is C14H28N2O2. The molecule has 0 bridgehead atoms. The van der Waals surface area contributed by atoms with E-state index in [1.54, 1.807) is 0 Å². The zero-order valence-electron chi connectivity index (χ0n) is 12.0. The molecule has 0 aliphatic carbocycles. The number of ether oxygens (including phenoxy) is 2. The molecular weight excluding hydrogens is 228 g/mol. The van der Waals surface area contributed by atoms with Crippen molar-refractivity contribution < 1.29 is 9.47 Å². The molecule has 0 aromatic rings. The second-order valence-corrected chi connectivity index (χ2v) is 5.73. The van der Waals surface area contributed by atoms with Crippen LogP contribution in [0.1, 0.15) is 26.7 Å². The molecule has 4 unspecified atom stereocenters. The van der Waals surface area contributed by atoms with Crippen molar-refractivity contribution >= 4 is 0 Å². The van der Waals surface area contributed by atoms with Gasteiger partial charge in [0, 0.05) is 31.2 Å². The summed E-state index contributed by atoms with van der Waals surface area (Å²) in [5, 5.41) is 3.61. The van der Waals surface area contributed by atoms with Crippen molar-refractivity contribution in [3.05, 3.63) is 0 Å². The van der Waals surface area contributed by atoms with Crippen molar-refractivity contribution in [2.45, 2.75) is 44.9 Å². The van der Waals surface area contributed by atoms with Gasteiger partial charge in [0.25, 0.3) is 0 Å². The topological polar surface area (TPSA) is 33.7 Å². The van der Waals surface area contributed by atoms with Crippen molar-refractivity contribution in [3.63, 3.8) is 0 Å². The first kappa shape index (κ1) is 14.3. The zero-order valence-corrected chi connectivity index (χ0v) is 12.0. The lowest BCUT2D eigenvalue weighted by Crippen LogP contribution is -2.45. The summed E-state index contributed by atoms with van der Waals surface area (Å²) in [7, 11) is 2.23. The van der Waals surface area contributed by atoms with Gasteiger partial charge in [0.1, 0.15) is 0 Å². The van der Waals surface area contributed by atoms with Crippen LogP contribution in [0.15, 0.2) is 0 Å². The first-order chi connectivity index (χ1) is 8.72. The second kappa shape index (κ2) is 6.85. The third kappa shape index (κ3) is 3.44. The van der Waals surface area contributed by atoms with Crippen molar-refractivity contribution in [2.75, 3.05) is 40.0 Å². The third-order valence-corrected chi connectivity index (χ3v) is 4.28. The number of hydrogen-bond donors (Lipinski definition) is 1. The Labute approximate surface area is 111 Å². The Morgan fingerprint density at radius 3 is 2.83 bits per heavy atom. The smallest absolute Gasteiger partial charge is 0.0702 e. The monoisotopic (exact) mass is 256 g/mol. The molecule has 1 N–H and O–H groups in total. The van der Waals surface area contributed by atoms with Gasteiger partial charge in [-0.3, -0.25) is 0 Å². The van der Waals surface area contributed by atoms with Crippen LogP contribution in [0, 0.1) is 5.92 Å². The van der Waals surface area contributed by atoms with Gasteiger partial charge in [-0.1, -0.05) is 6.92 Å². The fraction of sp³-hybridized carbons (Fsp3) is 1.00. The first-order valence-electron chi connectivity index (χ1n) is 7.35. The fourth-order valence-electron chi connectivity index (χ4n) is 3.14. The molecule has 0 spiro atoms. The highest BCUT2D eigenvalue weighted by molar-refractivity contribution is 4.87. The minimum absolute atomic E-state index is 0.374. The SMILES string of the molecule is CCCNC1COCC1CN(C)C1CCOC1C. The van der Waals surface area contributed by atoms with E-state index in [4.69, 9.17) is 9.47 Å². The van der Waals surface area contributed by atoms with Gasteiger partial charge >= 0.3 is 0 Å². The maximum atomic E-state index is 5.65. The van der Waals surface area contributed by atoms with Gasteiger partial charge in [0.15, 0.2) is 0 Å². The van der Waals surface area contributed by atoms with Crippen LogP contribution in [0.5, 0.6) is 0 Å². The Morgan fingerprint density at radius 1 is 1.33 bits per heavy atom. The van der Waals surface area contributed by atoms with Gasteiger partial charge in [0.05, 0.1) is 19.3 Å². The molecule has 2 heterocycles. The summed E-state index contributed by atoms with van der Waals surface area (Å²) in [4.78, 5) is 2.47. The predicted molar refractivity (Wildman–Crippen MR) is 72.8 cm³/mol. The molecule has 0 aromatic carbocycles. The Morgan fingerprint density at radius 2 is 2.17 bits per heavy atom. The van der Waals surface area contributed by atoms with Crippen molar-refractivity contribution in [1.29, 1.82) is 0 Å². The number of rotatable bonds is 6. The molecule has 2 aliphatic heterocycles. The first-order valence-corrected chi connectivity index (χ1v) is 7.35. The van der Waals surface area contributed by atoms with Crippen LogP contribution >= 0.6 is 0 Å². The van der Waals surface area contributed by atoms with Gasteiger partial charge in [0.2, 0.25) is 0 Å². The molecule has 2 aliphatic rings. The molecule has 106 valence electrons. The van der Waals surface area contributed by atoms with Gasteiger partial charge in [-0.2, -0.15) is 0 Å². The molecule has 4 nitrogen and oxygen atoms in total. The van der Waals surface area contributed by atoms with Crippen LogP contribution in [0.4, 0.5) is 0 Å². The van der Waals surface area contributed by atoms with Crippen LogP contribution in [-0.2, 0) is 9.47 Å². The number of nitrogens with one attached hydrogen (secondary N) is 1. The minimum Gasteiger partial charge on any atom is -0.379 e. The lowest BCUT2D eigenvalue weighted by atomic mass is 10.0. The fourth-order valence-corrected chi connectivity index (χ4v) is 3.14. The van der Waals surface area contributed by atoms with Crippen molar-refractivity contribution in [3.8, 4) is 0 Å². The van der Waals surface area contributed by atoms with Crippen molar-refractivity contribution in [1.82, 2.24) is 10.2 Å². The molecule has 4 atom stereocenters. The van der Waals surface area contributed by atoms with Crippen LogP contribution in [0.25, 0.3) is 0 Å². The summed E-state index contributed by atoms with van der Waals surface area (Å²) in [5.41, 5.74) is 0. The summed E-state index contributed by atoms with van der Waals surface area (Å²) >= 11 is 0. The normalized spacial score (nSPS) is 36.7. The number of hydrogen-bond acceptors (Lipinski definition) is 4. The molecule has 2 rings (SSSR count). The zero-order chi connectivity index (χ0) is 13.0. The summed E-state index contributed by atoms with van der Waals surface area (Å²) < 4.78 is 11.3. The van der Waals surface area contributed by atoms with Crippen LogP contribution in [0.2, 0.25) is 0 Å². The Hall–Kier alpha value is -0.160. The predicted octanol–water partition coefficient (Wildman–Crippen LogP) is 1.11. The number of nitrogens with zero attached hydrogens (tertiary/aromatic N) is 1. The van der Waals surface area contributed by atoms with E-state index in [1.807, 2.05) is 0 Å². The van der Waals surface area contributed by atoms with Gasteiger partial charge in [-0.15, -0.1) is 0 Å². The Bertz CT molecular complexity index is 250. The average Bonchev–Trinajstić information content (AvgIpc) is 2.95. The van der Waals surface area contributed by atoms with E-state index in [-0.39, 0.29) is 0 Å². The van der Waals surface area contributed by atoms with Crippen LogP contribution in [0.3, 0.4) is 0 Å². The lowest BCUT2D eigenvalue weighted by Gasteiger charge is -2.30. The van der Waals surface area contributed by atoms with E-state index in [0.29, 0.717) is 24.1 Å². The molecule has 2 fully saturated rings. The van der Waals surface area contributed by atoms with Gasteiger partial charge in [-0.25, -0.2) is 0 Å². The summed E-state index contributed by atoms with van der Waals surface area (Å²) in [6.45, 7) is 9.28. The Balaban J connectivity index is 1.80. The quantitative estimate of drug-likeness (QED) is 0.772. The molecule has 0 radical (unpaired) electrons. The largest absolute Gasteiger partial charge is 0.379 e.